The molecule has 1 heterocycles. The number of rotatable bonds is 5. The number of H-pyrrole nitrogens is 1. The van der Waals surface area contributed by atoms with Crippen molar-refractivity contribution in [2.75, 3.05) is 12.4 Å². The number of carbonyl (C=O) groups is 1. The molecule has 0 saturated heterocycles. The molecule has 5 heteroatoms. The van der Waals surface area contributed by atoms with E-state index in [2.05, 4.69) is 22.2 Å². The Labute approximate surface area is 170 Å². The highest BCUT2D eigenvalue weighted by Crippen LogP contribution is 2.25. The van der Waals surface area contributed by atoms with Gasteiger partial charge in [-0.15, -0.1) is 0 Å². The molecule has 0 atom stereocenters. The van der Waals surface area contributed by atoms with Crippen LogP contribution in [0.3, 0.4) is 0 Å². The zero-order chi connectivity index (χ0) is 20.2. The van der Waals surface area contributed by atoms with Gasteiger partial charge in [-0.05, 0) is 49.0 Å². The average molecular weight is 389 g/mol. The molecule has 150 valence electrons. The minimum absolute atomic E-state index is 0.124. The molecule has 1 aliphatic carbocycles. The number of nitrogens with zero attached hydrogens (tertiary/aromatic N) is 1. The lowest BCUT2D eigenvalue weighted by Crippen LogP contribution is -2.33. The van der Waals surface area contributed by atoms with Gasteiger partial charge < -0.3 is 10.3 Å². The van der Waals surface area contributed by atoms with E-state index in [0.29, 0.717) is 6.04 Å². The van der Waals surface area contributed by atoms with Crippen molar-refractivity contribution in [1.29, 1.82) is 0 Å². The van der Waals surface area contributed by atoms with Gasteiger partial charge in [0.05, 0.1) is 0 Å². The Morgan fingerprint density at radius 2 is 1.79 bits per heavy atom. The van der Waals surface area contributed by atoms with Crippen LogP contribution in [0.1, 0.15) is 48.0 Å². The standard InChI is InChI=1S/C24H27N3O2/c1-27(19-11-3-2-4-12-19)16-18-10-6-8-14-22(18)26-24(29)20-15-17-9-5-7-13-21(17)25-23(20)28/h5-10,13-15,19H,2-4,11-12,16H2,1H3,(H,25,28)(H,26,29). The largest absolute Gasteiger partial charge is 0.322 e. The van der Waals surface area contributed by atoms with Crippen LogP contribution >= 0.6 is 0 Å². The number of hydrogen-bond acceptors (Lipinski definition) is 3. The van der Waals surface area contributed by atoms with Gasteiger partial charge in [0.15, 0.2) is 0 Å². The number of amides is 1. The van der Waals surface area contributed by atoms with Crippen LogP contribution in [0, 0.1) is 0 Å². The monoisotopic (exact) mass is 389 g/mol. The summed E-state index contributed by atoms with van der Waals surface area (Å²) < 4.78 is 0. The molecular weight excluding hydrogens is 362 g/mol. The van der Waals surface area contributed by atoms with Gasteiger partial charge in [0.25, 0.3) is 11.5 Å². The van der Waals surface area contributed by atoms with E-state index in [4.69, 9.17) is 0 Å². The highest BCUT2D eigenvalue weighted by Gasteiger charge is 2.20. The molecule has 0 unspecified atom stereocenters. The van der Waals surface area contributed by atoms with E-state index in [1.54, 1.807) is 6.07 Å². The number of aromatic nitrogens is 1. The number of anilines is 1. The van der Waals surface area contributed by atoms with Crippen LogP contribution in [-0.2, 0) is 6.54 Å². The summed E-state index contributed by atoms with van der Waals surface area (Å²) in [5.74, 6) is -0.384. The molecule has 1 aromatic heterocycles. The van der Waals surface area contributed by atoms with E-state index < -0.39 is 0 Å². The Bertz CT molecular complexity index is 1070. The van der Waals surface area contributed by atoms with Crippen LogP contribution in [-0.4, -0.2) is 28.9 Å². The molecule has 1 aliphatic rings. The maximum absolute atomic E-state index is 12.9. The zero-order valence-electron chi connectivity index (χ0n) is 16.8. The van der Waals surface area contributed by atoms with E-state index in [-0.39, 0.29) is 17.0 Å². The van der Waals surface area contributed by atoms with Gasteiger partial charge in [-0.3, -0.25) is 14.5 Å². The number of aromatic amines is 1. The summed E-state index contributed by atoms with van der Waals surface area (Å²) in [5, 5.41) is 3.79. The first kappa shape index (κ1) is 19.4. The minimum Gasteiger partial charge on any atom is -0.322 e. The number of benzene rings is 2. The molecule has 5 nitrogen and oxygen atoms in total. The lowest BCUT2D eigenvalue weighted by Gasteiger charge is -2.31. The molecule has 3 aromatic rings. The summed E-state index contributed by atoms with van der Waals surface area (Å²) in [5.41, 5.74) is 2.29. The van der Waals surface area contributed by atoms with Crippen LogP contribution in [0.5, 0.6) is 0 Å². The second-order valence-electron chi connectivity index (χ2n) is 7.92. The number of hydrogen-bond donors (Lipinski definition) is 2. The molecule has 0 radical (unpaired) electrons. The number of fused-ring (bicyclic) bond motifs is 1. The van der Waals surface area contributed by atoms with Crippen molar-refractivity contribution in [3.05, 3.63) is 76.1 Å². The fourth-order valence-corrected chi connectivity index (χ4v) is 4.21. The van der Waals surface area contributed by atoms with Gasteiger partial charge in [0.2, 0.25) is 0 Å². The van der Waals surface area contributed by atoms with Gasteiger partial charge in [0, 0.05) is 23.8 Å². The fraction of sp³-hybridized carbons (Fsp3) is 0.333. The van der Waals surface area contributed by atoms with Crippen LogP contribution < -0.4 is 10.9 Å². The molecule has 2 aromatic carbocycles. The summed E-state index contributed by atoms with van der Waals surface area (Å²) in [6.07, 6.45) is 6.38. The lowest BCUT2D eigenvalue weighted by molar-refractivity contribution is 0.102. The van der Waals surface area contributed by atoms with Crippen molar-refractivity contribution in [2.24, 2.45) is 0 Å². The predicted octanol–water partition coefficient (Wildman–Crippen LogP) is 4.54. The van der Waals surface area contributed by atoms with E-state index in [9.17, 15) is 9.59 Å². The second-order valence-corrected chi connectivity index (χ2v) is 7.92. The maximum atomic E-state index is 12.9. The van der Waals surface area contributed by atoms with E-state index in [1.165, 1.54) is 32.1 Å². The molecule has 1 amide bonds. The lowest BCUT2D eigenvalue weighted by atomic mass is 9.94. The summed E-state index contributed by atoms with van der Waals surface area (Å²) in [7, 11) is 2.16. The van der Waals surface area contributed by atoms with Crippen LogP contribution in [0.15, 0.2) is 59.4 Å². The number of pyridine rings is 1. The predicted molar refractivity (Wildman–Crippen MR) is 117 cm³/mol. The third-order valence-electron chi connectivity index (χ3n) is 5.88. The highest BCUT2D eigenvalue weighted by molar-refractivity contribution is 6.06. The van der Waals surface area contributed by atoms with Crippen molar-refractivity contribution in [3.8, 4) is 0 Å². The van der Waals surface area contributed by atoms with Crippen LogP contribution in [0.4, 0.5) is 5.69 Å². The molecule has 0 aliphatic heterocycles. The van der Waals surface area contributed by atoms with Crippen molar-refractivity contribution in [1.82, 2.24) is 9.88 Å². The molecule has 4 rings (SSSR count). The molecule has 29 heavy (non-hydrogen) atoms. The minimum atomic E-state index is -0.384. The summed E-state index contributed by atoms with van der Waals surface area (Å²) >= 11 is 0. The van der Waals surface area contributed by atoms with Crippen LogP contribution in [0.2, 0.25) is 0 Å². The first-order valence-corrected chi connectivity index (χ1v) is 10.3. The Balaban J connectivity index is 1.54. The highest BCUT2D eigenvalue weighted by atomic mass is 16.2. The van der Waals surface area contributed by atoms with Gasteiger partial charge >= 0.3 is 0 Å². The Morgan fingerprint density at radius 1 is 1.07 bits per heavy atom. The van der Waals surface area contributed by atoms with Crippen molar-refractivity contribution in [3.63, 3.8) is 0 Å². The zero-order valence-corrected chi connectivity index (χ0v) is 16.8. The summed E-state index contributed by atoms with van der Waals surface area (Å²) in [6, 6.07) is 17.5. The van der Waals surface area contributed by atoms with E-state index in [0.717, 1.165) is 28.7 Å². The third kappa shape index (κ3) is 4.40. The smallest absolute Gasteiger partial charge is 0.261 e. The van der Waals surface area contributed by atoms with Crippen molar-refractivity contribution in [2.45, 2.75) is 44.7 Å². The summed E-state index contributed by atoms with van der Waals surface area (Å²) in [4.78, 5) is 30.5. The Kier molecular flexibility index (Phi) is 5.76. The molecule has 1 saturated carbocycles. The average Bonchev–Trinajstić information content (AvgIpc) is 2.75. The van der Waals surface area contributed by atoms with E-state index in [1.807, 2.05) is 48.5 Å². The Morgan fingerprint density at radius 3 is 2.62 bits per heavy atom. The quantitative estimate of drug-likeness (QED) is 0.673. The van der Waals surface area contributed by atoms with Gasteiger partial charge in [-0.2, -0.15) is 0 Å². The van der Waals surface area contributed by atoms with Crippen LogP contribution in [0.25, 0.3) is 10.9 Å². The SMILES string of the molecule is CN(Cc1ccccc1NC(=O)c1cc2ccccc2[nH]c1=O)C1CCCCC1. The number of nitrogens with one attached hydrogen (secondary N) is 2. The Hall–Kier alpha value is -2.92. The molecule has 0 bridgehead atoms. The van der Waals surface area contributed by atoms with Gasteiger partial charge in [0.1, 0.15) is 5.56 Å². The normalized spacial score (nSPS) is 15.0. The van der Waals surface area contributed by atoms with Crippen molar-refractivity contribution >= 4 is 22.5 Å². The van der Waals surface area contributed by atoms with Gasteiger partial charge in [-0.25, -0.2) is 0 Å². The van der Waals surface area contributed by atoms with E-state index >= 15 is 0 Å². The topological polar surface area (TPSA) is 65.2 Å². The molecule has 0 spiro atoms. The first-order chi connectivity index (χ1) is 14.1. The van der Waals surface area contributed by atoms with Gasteiger partial charge in [-0.1, -0.05) is 55.7 Å². The molecule has 1 fully saturated rings. The maximum Gasteiger partial charge on any atom is 0.261 e. The second kappa shape index (κ2) is 8.62. The number of para-hydroxylation sites is 2. The number of carbonyl (C=O) groups excluding carboxylic acids is 1. The fourth-order valence-electron chi connectivity index (χ4n) is 4.21. The summed E-state index contributed by atoms with van der Waals surface area (Å²) in [6.45, 7) is 0.773. The third-order valence-corrected chi connectivity index (χ3v) is 5.88. The van der Waals surface area contributed by atoms with Crippen molar-refractivity contribution < 1.29 is 4.79 Å². The molecule has 2 N–H and O–H groups in total. The first-order valence-electron chi connectivity index (χ1n) is 10.3. The molecular formula is C24H27N3O2.